The molecule has 0 bridgehead atoms. The minimum absolute atomic E-state index is 0.0686. The summed E-state index contributed by atoms with van der Waals surface area (Å²) in [5.41, 5.74) is 4.70. The van der Waals surface area contributed by atoms with Gasteiger partial charge in [0, 0.05) is 38.7 Å². The molecule has 0 radical (unpaired) electrons. The summed E-state index contributed by atoms with van der Waals surface area (Å²) >= 11 is 6.51. The van der Waals surface area contributed by atoms with Crippen LogP contribution in [0.1, 0.15) is 113 Å². The maximum atomic E-state index is 13.8. The van der Waals surface area contributed by atoms with Gasteiger partial charge in [0.15, 0.2) is 0 Å². The lowest BCUT2D eigenvalue weighted by Gasteiger charge is -2.36. The molecule has 55 heavy (non-hydrogen) atoms. The van der Waals surface area contributed by atoms with E-state index in [1.54, 1.807) is 17.8 Å². The Balaban J connectivity index is 0.877. The van der Waals surface area contributed by atoms with Gasteiger partial charge in [-0.15, -0.1) is 5.10 Å². The zero-order valence-electron chi connectivity index (χ0n) is 32.5. The van der Waals surface area contributed by atoms with Crippen LogP contribution in [0.4, 0.5) is 0 Å². The van der Waals surface area contributed by atoms with Crippen molar-refractivity contribution in [3.63, 3.8) is 0 Å². The summed E-state index contributed by atoms with van der Waals surface area (Å²) in [5.74, 6) is 1.65. The van der Waals surface area contributed by atoms with E-state index in [1.165, 1.54) is 16.0 Å². The Morgan fingerprint density at radius 2 is 1.78 bits per heavy atom. The fourth-order valence-electron chi connectivity index (χ4n) is 9.94. The van der Waals surface area contributed by atoms with Crippen LogP contribution < -0.4 is 10.9 Å². The van der Waals surface area contributed by atoms with E-state index in [-0.39, 0.29) is 36.3 Å². The van der Waals surface area contributed by atoms with Crippen molar-refractivity contribution < 1.29 is 14.7 Å². The molecule has 5 heterocycles. The first-order valence-electron chi connectivity index (χ1n) is 20.1. The van der Waals surface area contributed by atoms with Crippen molar-refractivity contribution in [2.24, 2.45) is 11.8 Å². The number of hydrogen-bond donors (Lipinski definition) is 2. The fraction of sp³-hybridized carbons (Fsp3) is 0.571. The number of β-amino-alcohol motifs (C(OH)–C–C–N with tert-alkyl or cyclic N) is 1. The molecule has 3 atom stereocenters. The number of likely N-dealkylation sites (N-methyl/N-ethyl adjacent to an activating group) is 1. The average Bonchev–Trinajstić information content (AvgIpc) is 3.87. The molecule has 13 heteroatoms. The van der Waals surface area contributed by atoms with Crippen molar-refractivity contribution in [2.75, 3.05) is 33.2 Å². The Kier molecular flexibility index (Phi) is 10.1. The number of carbonyl (C=O) groups is 2. The number of nitrogens with zero attached hydrogens (tertiary/aromatic N) is 7. The van der Waals surface area contributed by atoms with Crippen LogP contribution in [0.2, 0.25) is 5.02 Å². The number of carbonyl (C=O) groups excluding carboxylic acids is 2. The number of nitrogens with one attached hydrogen (secondary N) is 1. The lowest BCUT2D eigenvalue weighted by molar-refractivity contribution is -0.142. The molecule has 2 aromatic heterocycles. The van der Waals surface area contributed by atoms with Crippen LogP contribution in [0, 0.1) is 11.8 Å². The number of aliphatic hydroxyl groups is 1. The number of hydrogen-bond acceptors (Lipinski definition) is 8. The fourth-order valence-corrected chi connectivity index (χ4v) is 10.2. The molecule has 4 aromatic rings. The molecular formula is C42H53ClN8O4. The quantitative estimate of drug-likeness (QED) is 0.246. The molecule has 2 aromatic carbocycles. The van der Waals surface area contributed by atoms with Gasteiger partial charge in [-0.2, -0.15) is 4.98 Å². The normalized spacial score (nSPS) is 24.6. The first-order chi connectivity index (χ1) is 26.3. The molecule has 8 rings (SSSR count). The summed E-state index contributed by atoms with van der Waals surface area (Å²) in [6, 6.07) is 11.2. The Morgan fingerprint density at radius 1 is 1.04 bits per heavy atom. The number of halogens is 1. The van der Waals surface area contributed by atoms with Gasteiger partial charge in [0.2, 0.25) is 11.8 Å². The summed E-state index contributed by atoms with van der Waals surface area (Å²) in [7, 11) is 1.55. The smallest absolute Gasteiger partial charge is 0.282 e. The predicted octanol–water partition coefficient (Wildman–Crippen LogP) is 5.33. The summed E-state index contributed by atoms with van der Waals surface area (Å²) in [4.78, 5) is 48.1. The summed E-state index contributed by atoms with van der Waals surface area (Å²) in [5, 5.41) is 22.8. The summed E-state index contributed by atoms with van der Waals surface area (Å²) in [6.45, 7) is 11.6. The second-order valence-electron chi connectivity index (χ2n) is 17.2. The zero-order chi connectivity index (χ0) is 38.8. The number of rotatable bonds is 8. The number of amides is 2. The Hall–Kier alpha value is -4.13. The topological polar surface area (TPSA) is 138 Å². The highest BCUT2D eigenvalue weighted by Crippen LogP contribution is 2.45. The van der Waals surface area contributed by atoms with Crippen LogP contribution in [0.5, 0.6) is 0 Å². The van der Waals surface area contributed by atoms with Gasteiger partial charge in [0.1, 0.15) is 17.9 Å². The molecule has 2 N–H and O–H groups in total. The van der Waals surface area contributed by atoms with Crippen LogP contribution in [0.15, 0.2) is 47.4 Å². The Morgan fingerprint density at radius 3 is 2.49 bits per heavy atom. The summed E-state index contributed by atoms with van der Waals surface area (Å²) < 4.78 is 3.83. The molecule has 0 spiro atoms. The number of piperidine rings is 1. The molecule has 1 saturated carbocycles. The third-order valence-electron chi connectivity index (χ3n) is 13.0. The van der Waals surface area contributed by atoms with Crippen LogP contribution >= 0.6 is 11.6 Å². The van der Waals surface area contributed by atoms with E-state index in [0.717, 1.165) is 80.9 Å². The second-order valence-corrected chi connectivity index (χ2v) is 17.6. The molecule has 1 aliphatic carbocycles. The highest BCUT2D eigenvalue weighted by molar-refractivity contribution is 6.35. The number of aliphatic hydroxyl groups excluding tert-OH is 1. The second kappa shape index (κ2) is 14.7. The number of aromatic nitrogens is 5. The van der Waals surface area contributed by atoms with E-state index in [9.17, 15) is 19.5 Å². The van der Waals surface area contributed by atoms with Gasteiger partial charge in [-0.1, -0.05) is 48.9 Å². The van der Waals surface area contributed by atoms with Crippen molar-refractivity contribution in [3.05, 3.63) is 80.6 Å². The monoisotopic (exact) mass is 768 g/mol. The Labute approximate surface area is 327 Å². The van der Waals surface area contributed by atoms with E-state index in [1.807, 2.05) is 32.2 Å². The van der Waals surface area contributed by atoms with Crippen LogP contribution in [-0.4, -0.2) is 96.6 Å². The van der Waals surface area contributed by atoms with E-state index in [4.69, 9.17) is 11.6 Å². The van der Waals surface area contributed by atoms with Crippen LogP contribution in [-0.2, 0) is 15.0 Å². The molecule has 2 amide bonds. The van der Waals surface area contributed by atoms with E-state index in [0.29, 0.717) is 28.2 Å². The highest BCUT2D eigenvalue weighted by atomic mass is 35.5. The van der Waals surface area contributed by atoms with Gasteiger partial charge in [-0.25, -0.2) is 4.68 Å². The third kappa shape index (κ3) is 6.78. The van der Waals surface area contributed by atoms with Gasteiger partial charge in [-0.05, 0) is 113 Å². The lowest BCUT2D eigenvalue weighted by atomic mass is 9.80. The minimum atomic E-state index is -0.724. The zero-order valence-corrected chi connectivity index (χ0v) is 33.3. The molecule has 12 nitrogen and oxygen atoms in total. The van der Waals surface area contributed by atoms with Crippen molar-refractivity contribution in [3.8, 4) is 5.69 Å². The standard InChI is InChI=1S/C42H53ClN8O4/c1-24(2)37(40(55)49-22-29(52)20-35(49)38(53)44-5)50-23-32(46-47-50)27-11-9-25(10-12-27)21-48-17-15-26(16-18-48)28-13-14-30-34(19-28)51-33-8-6-7-31(43)36(33)39(54)45-41(51)42(30,3)4/h6-8,13-14,19,23-27,29,35,37,52H,9-12,15-18,20-22H2,1-5H3,(H,44,53)/t25?,27?,29-,35+,37+/m1/s1. The average molecular weight is 769 g/mol. The number of benzene rings is 2. The number of likely N-dealkylation sites (tertiary alicyclic amines) is 2. The molecule has 3 fully saturated rings. The van der Waals surface area contributed by atoms with Crippen molar-refractivity contribution in [2.45, 2.75) is 108 Å². The van der Waals surface area contributed by atoms with Crippen LogP contribution in [0.25, 0.3) is 16.6 Å². The maximum Gasteiger partial charge on any atom is 0.282 e. The lowest BCUT2D eigenvalue weighted by Crippen LogP contribution is -2.48. The van der Waals surface area contributed by atoms with Crippen molar-refractivity contribution >= 4 is 34.3 Å². The Bertz CT molecular complexity index is 2160. The van der Waals surface area contributed by atoms with Gasteiger partial charge >= 0.3 is 0 Å². The summed E-state index contributed by atoms with van der Waals surface area (Å²) in [6.07, 6.45) is 8.03. The number of fused-ring (bicyclic) bond motifs is 5. The molecule has 2 saturated heterocycles. The molecule has 292 valence electrons. The van der Waals surface area contributed by atoms with Gasteiger partial charge < -0.3 is 20.2 Å². The van der Waals surface area contributed by atoms with Crippen LogP contribution in [0.3, 0.4) is 0 Å². The molecule has 0 unspecified atom stereocenters. The highest BCUT2D eigenvalue weighted by Gasteiger charge is 2.43. The van der Waals surface area contributed by atoms with Gasteiger partial charge in [0.25, 0.3) is 5.56 Å². The maximum absolute atomic E-state index is 13.8. The van der Waals surface area contributed by atoms with Crippen molar-refractivity contribution in [1.29, 1.82) is 0 Å². The van der Waals surface area contributed by atoms with E-state index in [2.05, 4.69) is 62.1 Å². The predicted molar refractivity (Wildman–Crippen MR) is 212 cm³/mol. The first kappa shape index (κ1) is 37.8. The van der Waals surface area contributed by atoms with E-state index < -0.39 is 23.6 Å². The largest absolute Gasteiger partial charge is 0.391 e. The first-order valence-corrected chi connectivity index (χ1v) is 20.4. The molecular weight excluding hydrogens is 716 g/mol. The molecule has 4 aliphatic rings. The SMILES string of the molecule is CNC(=O)[C@@H]1C[C@@H](O)CN1C(=O)[C@H](C(C)C)n1cc(C2CCC(CN3CCC(c4ccc5c(c4)-n4c(nc(=O)c6c(Cl)cccc64)C5(C)C)CC3)CC2)nn1. The minimum Gasteiger partial charge on any atom is -0.391 e. The van der Waals surface area contributed by atoms with Crippen molar-refractivity contribution in [1.82, 2.24) is 39.7 Å². The third-order valence-corrected chi connectivity index (χ3v) is 13.3. The van der Waals surface area contributed by atoms with Gasteiger partial charge in [0.05, 0.1) is 38.8 Å². The van der Waals surface area contributed by atoms with E-state index >= 15 is 0 Å². The van der Waals surface area contributed by atoms with Gasteiger partial charge in [-0.3, -0.25) is 19.0 Å². The molecule has 3 aliphatic heterocycles.